The molecule has 3 aromatic carbocycles. The molecule has 7 aromatic rings. The molecule has 0 spiro atoms. The quantitative estimate of drug-likeness (QED) is 0.0225. The number of aromatic amines is 1. The van der Waals surface area contributed by atoms with Crippen molar-refractivity contribution >= 4 is 63.4 Å². The number of benzene rings is 3. The van der Waals surface area contributed by atoms with Crippen LogP contribution in [-0.4, -0.2) is 101 Å². The van der Waals surface area contributed by atoms with Gasteiger partial charge in [0.25, 0.3) is 5.91 Å². The number of carbonyl (C=O) groups excluding carboxylic acids is 1. The SMILES string of the molecule is CCCSc1nc(NCCN)c2nnn(Cc3ccc(C#CC(=O)NCCOCCN4C=CSC4N=Nc4c(-c5ccccc5)[nH]n(-c5nc(-c6ccccc6)cs5)c4=O)cc3)c2n1. The highest BCUT2D eigenvalue weighted by Gasteiger charge is 2.23. The van der Waals surface area contributed by atoms with Crippen molar-refractivity contribution in [3.05, 3.63) is 123 Å². The van der Waals surface area contributed by atoms with Crippen molar-refractivity contribution in [2.24, 2.45) is 16.0 Å². The lowest BCUT2D eigenvalue weighted by atomic mass is 10.1. The molecule has 0 saturated carbocycles. The Bertz CT molecular complexity index is 2850. The number of amides is 1. The second kappa shape index (κ2) is 21.6. The van der Waals surface area contributed by atoms with Crippen molar-refractivity contribution < 1.29 is 9.53 Å². The number of aromatic nitrogens is 8. The van der Waals surface area contributed by atoms with Crippen LogP contribution in [0.15, 0.2) is 122 Å². The molecule has 0 fully saturated rings. The molecule has 1 aliphatic rings. The van der Waals surface area contributed by atoms with Gasteiger partial charge in [0.2, 0.25) is 5.13 Å². The van der Waals surface area contributed by atoms with E-state index in [4.69, 9.17) is 20.4 Å². The number of ether oxygens (including phenoxy) is 1. The molecule has 0 aliphatic carbocycles. The number of hydrogen-bond acceptors (Lipinski definition) is 16. The van der Waals surface area contributed by atoms with Crippen LogP contribution in [-0.2, 0) is 16.1 Å². The molecule has 0 radical (unpaired) electrons. The van der Waals surface area contributed by atoms with Crippen LogP contribution in [0.4, 0.5) is 11.5 Å². The molecule has 5 heterocycles. The molecule has 4 aromatic heterocycles. The molecule has 64 heavy (non-hydrogen) atoms. The second-order valence-electron chi connectivity index (χ2n) is 14.1. The van der Waals surface area contributed by atoms with Gasteiger partial charge in [-0.3, -0.25) is 14.7 Å². The minimum Gasteiger partial charge on any atom is -0.378 e. The molecular weight excluding hydrogens is 869 g/mol. The minimum atomic E-state index is -0.401. The first-order chi connectivity index (χ1) is 31.5. The van der Waals surface area contributed by atoms with Crippen LogP contribution >= 0.6 is 34.9 Å². The van der Waals surface area contributed by atoms with E-state index in [0.717, 1.165) is 34.6 Å². The average Bonchev–Trinajstić information content (AvgIpc) is 4.15. The van der Waals surface area contributed by atoms with E-state index >= 15 is 0 Å². The summed E-state index contributed by atoms with van der Waals surface area (Å²) in [5.74, 6) is 6.69. The van der Waals surface area contributed by atoms with Crippen molar-refractivity contribution in [3.8, 4) is 39.5 Å². The van der Waals surface area contributed by atoms with Gasteiger partial charge in [0.1, 0.15) is 0 Å². The zero-order chi connectivity index (χ0) is 44.1. The third-order valence-electron chi connectivity index (χ3n) is 9.52. The number of nitrogens with two attached hydrogens (primary N) is 1. The highest BCUT2D eigenvalue weighted by atomic mass is 32.2. The Morgan fingerprint density at radius 2 is 1.80 bits per heavy atom. The summed E-state index contributed by atoms with van der Waals surface area (Å²) >= 11 is 4.43. The number of carbonyl (C=O) groups is 1. The maximum atomic E-state index is 13.8. The molecule has 8 rings (SSSR count). The van der Waals surface area contributed by atoms with Gasteiger partial charge in [-0.2, -0.15) is 9.80 Å². The third-order valence-corrected chi connectivity index (χ3v) is 12.3. The summed E-state index contributed by atoms with van der Waals surface area (Å²) in [7, 11) is 0. The minimum absolute atomic E-state index is 0.191. The molecule has 5 N–H and O–H groups in total. The first-order valence-electron chi connectivity index (χ1n) is 20.5. The van der Waals surface area contributed by atoms with Gasteiger partial charge in [-0.1, -0.05) is 114 Å². The number of hydrogen-bond donors (Lipinski definition) is 4. The van der Waals surface area contributed by atoms with Crippen LogP contribution in [0.3, 0.4) is 0 Å². The average molecular weight is 913 g/mol. The standard InChI is InChI=1S/C44H44N14O3S3/c1-2-26-62-42-49-39(47-20-19-45)38-40(50-42)57(55-52-38)28-31-15-13-30(14-16-31)17-18-35(59)46-21-24-61-25-22-56-23-27-63-44(56)53-51-37-36(33-11-7-4-8-12-33)54-58(41(37)60)43-48-34(29-64-43)32-9-5-3-6-10-32/h3-16,23,27,29,44,54H,2,19-22,24-26,28,45H2,1H3,(H,46,59)(H,47,49,50). The van der Waals surface area contributed by atoms with E-state index in [9.17, 15) is 9.59 Å². The zero-order valence-electron chi connectivity index (χ0n) is 34.8. The Hall–Kier alpha value is -6.63. The van der Waals surface area contributed by atoms with Crippen LogP contribution in [0, 0.1) is 11.8 Å². The Morgan fingerprint density at radius 3 is 2.58 bits per heavy atom. The number of fused-ring (bicyclic) bond motifs is 1. The molecule has 1 amide bonds. The maximum absolute atomic E-state index is 13.8. The van der Waals surface area contributed by atoms with Gasteiger partial charge < -0.3 is 26.0 Å². The van der Waals surface area contributed by atoms with Gasteiger partial charge in [-0.05, 0) is 29.5 Å². The topological polar surface area (TPSA) is 212 Å². The lowest BCUT2D eigenvalue weighted by Gasteiger charge is -2.20. The number of nitrogens with one attached hydrogen (secondary N) is 3. The number of nitrogens with zero attached hydrogens (tertiary/aromatic N) is 10. The van der Waals surface area contributed by atoms with Crippen molar-refractivity contribution in [3.63, 3.8) is 0 Å². The summed E-state index contributed by atoms with van der Waals surface area (Å²) in [5, 5.41) is 32.0. The third kappa shape index (κ3) is 10.9. The van der Waals surface area contributed by atoms with Gasteiger partial charge in [-0.25, -0.2) is 19.6 Å². The largest absolute Gasteiger partial charge is 0.378 e. The van der Waals surface area contributed by atoms with Gasteiger partial charge in [-0.15, -0.1) is 21.5 Å². The summed E-state index contributed by atoms with van der Waals surface area (Å²) in [6, 6.07) is 27.0. The molecule has 20 heteroatoms. The van der Waals surface area contributed by atoms with E-state index in [1.54, 1.807) is 16.4 Å². The number of rotatable bonds is 19. The Balaban J connectivity index is 0.808. The van der Waals surface area contributed by atoms with Crippen molar-refractivity contribution in [1.29, 1.82) is 0 Å². The fourth-order valence-corrected chi connectivity index (χ4v) is 8.64. The molecule has 1 atom stereocenters. The Labute approximate surface area is 381 Å². The van der Waals surface area contributed by atoms with Crippen LogP contribution in [0.25, 0.3) is 38.8 Å². The van der Waals surface area contributed by atoms with Crippen molar-refractivity contribution in [1.82, 2.24) is 49.9 Å². The summed E-state index contributed by atoms with van der Waals surface area (Å²) in [6.07, 6.45) is 2.92. The number of H-pyrrole nitrogens is 1. The van der Waals surface area contributed by atoms with Crippen LogP contribution in [0.1, 0.15) is 24.5 Å². The maximum Gasteiger partial charge on any atom is 0.301 e. The van der Waals surface area contributed by atoms with Crippen molar-refractivity contribution in [2.75, 3.05) is 50.5 Å². The first-order valence-corrected chi connectivity index (χ1v) is 23.3. The fraction of sp³-hybridized carbons (Fsp3) is 0.250. The monoisotopic (exact) mass is 912 g/mol. The van der Waals surface area contributed by atoms with E-state index < -0.39 is 5.91 Å². The molecule has 1 aliphatic heterocycles. The Kier molecular flexibility index (Phi) is 14.9. The summed E-state index contributed by atoms with van der Waals surface area (Å²) in [6.45, 7) is 5.09. The van der Waals surface area contributed by atoms with E-state index in [2.05, 4.69) is 60.0 Å². The molecule has 17 nitrogen and oxygen atoms in total. The summed E-state index contributed by atoms with van der Waals surface area (Å²) in [5.41, 5.74) is 11.2. The lowest BCUT2D eigenvalue weighted by molar-refractivity contribution is -0.115. The first kappa shape index (κ1) is 44.0. The lowest BCUT2D eigenvalue weighted by Crippen LogP contribution is -2.29. The summed E-state index contributed by atoms with van der Waals surface area (Å²) < 4.78 is 8.99. The zero-order valence-corrected chi connectivity index (χ0v) is 37.2. The number of thiazole rings is 1. The number of azo groups is 1. The van der Waals surface area contributed by atoms with Gasteiger partial charge >= 0.3 is 5.56 Å². The van der Waals surface area contributed by atoms with Gasteiger partial charge in [0.05, 0.1) is 31.1 Å². The van der Waals surface area contributed by atoms with Crippen LogP contribution in [0.5, 0.6) is 0 Å². The molecule has 326 valence electrons. The van der Waals surface area contributed by atoms with Crippen LogP contribution in [0.2, 0.25) is 0 Å². The smallest absolute Gasteiger partial charge is 0.301 e. The number of thioether (sulfide) groups is 2. The highest BCUT2D eigenvalue weighted by Crippen LogP contribution is 2.32. The predicted molar refractivity (Wildman–Crippen MR) is 253 cm³/mol. The molecule has 1 unspecified atom stereocenters. The summed E-state index contributed by atoms with van der Waals surface area (Å²) in [4.78, 5) is 42.4. The van der Waals surface area contributed by atoms with E-state index in [0.29, 0.717) is 84.5 Å². The van der Waals surface area contributed by atoms with E-state index in [-0.39, 0.29) is 16.7 Å². The highest BCUT2D eigenvalue weighted by molar-refractivity contribution is 8.02. The van der Waals surface area contributed by atoms with E-state index in [1.807, 2.05) is 107 Å². The van der Waals surface area contributed by atoms with Crippen molar-refractivity contribution in [2.45, 2.75) is 30.5 Å². The molecule has 0 saturated heterocycles. The fourth-order valence-electron chi connectivity index (χ4n) is 6.35. The second-order valence-corrected chi connectivity index (χ2v) is 16.9. The number of anilines is 1. The van der Waals surface area contributed by atoms with Crippen LogP contribution < -0.4 is 21.9 Å². The predicted octanol–water partition coefficient (Wildman–Crippen LogP) is 6.48. The molecular formula is C44H44N14O3S3. The normalized spacial score (nSPS) is 13.5. The van der Waals surface area contributed by atoms with Gasteiger partial charge in [0.15, 0.2) is 33.3 Å². The Morgan fingerprint density at radius 1 is 1.00 bits per heavy atom. The molecule has 0 bridgehead atoms. The van der Waals surface area contributed by atoms with E-state index in [1.165, 1.54) is 27.8 Å². The van der Waals surface area contributed by atoms with Gasteiger partial charge in [0, 0.05) is 66.1 Å².